The lowest BCUT2D eigenvalue weighted by Gasteiger charge is -2.28. The monoisotopic (exact) mass is 943 g/mol. The zero-order valence-corrected chi connectivity index (χ0v) is 43.2. The molecule has 4 nitrogen and oxygen atoms in total. The summed E-state index contributed by atoms with van der Waals surface area (Å²) < 4.78 is 76.4. The fourth-order valence-corrected chi connectivity index (χ4v) is 9.53. The molecule has 0 saturated carbocycles. The van der Waals surface area contributed by atoms with Gasteiger partial charge in [-0.2, -0.15) is 0 Å². The number of aromatic hydroxyl groups is 1. The molecule has 4 heteroatoms. The van der Waals surface area contributed by atoms with Crippen molar-refractivity contribution in [3.8, 4) is 78.6 Å². The Morgan fingerprint density at radius 3 is 1.73 bits per heavy atom. The van der Waals surface area contributed by atoms with Crippen molar-refractivity contribution in [1.29, 1.82) is 0 Å². The van der Waals surface area contributed by atoms with E-state index < -0.39 is 26.0 Å². The van der Waals surface area contributed by atoms with Crippen LogP contribution in [0.2, 0.25) is 0 Å². The topological polar surface area (TPSA) is 50.9 Å². The molecule has 71 heavy (non-hydrogen) atoms. The molecule has 2 aromatic heterocycles. The highest BCUT2D eigenvalue weighted by atomic mass is 16.3. The number of phenols is 1. The standard InChI is InChI=1S/C67H71N3O/c1-41-32-42(2)60(43(3)33-41)46-26-24-44(25-27-46)47-30-31-68-57(37-47)49-34-48(35-51(36-49)65(7,8)9)53-22-19-23-59-61(53)69-63(55-39-52(66(10,11)12)40-56(62(55)71)67(13,14)15)70(59)58-29-28-50(64(4,5)6)38-54(58)45-20-17-16-18-21-45/h16-40,71H,1-15H3/i1D3,2D3,3D3. The number of hydrogen-bond acceptors (Lipinski definition) is 3. The minimum atomic E-state index is -2.80. The molecule has 0 fully saturated rings. The molecule has 0 bridgehead atoms. The van der Waals surface area contributed by atoms with E-state index in [1.807, 2.05) is 30.3 Å². The molecule has 0 amide bonds. The molecule has 0 atom stereocenters. The van der Waals surface area contributed by atoms with Crippen LogP contribution in [0.3, 0.4) is 0 Å². The fourth-order valence-electron chi connectivity index (χ4n) is 9.53. The van der Waals surface area contributed by atoms with E-state index in [-0.39, 0.29) is 44.2 Å². The molecule has 0 aliphatic carbocycles. The molecule has 0 aliphatic rings. The second-order valence-electron chi connectivity index (χ2n) is 23.2. The molecule has 360 valence electrons. The van der Waals surface area contributed by atoms with Gasteiger partial charge >= 0.3 is 0 Å². The van der Waals surface area contributed by atoms with E-state index in [4.69, 9.17) is 22.3 Å². The second-order valence-corrected chi connectivity index (χ2v) is 23.2. The first-order chi connectivity index (χ1) is 37.0. The first-order valence-corrected chi connectivity index (χ1v) is 24.5. The maximum atomic E-state index is 12.6. The number of rotatable bonds is 7. The summed E-state index contributed by atoms with van der Waals surface area (Å²) in [7, 11) is 0. The molecular weight excluding hydrogens is 863 g/mol. The van der Waals surface area contributed by atoms with Crippen molar-refractivity contribution < 1.29 is 17.4 Å². The van der Waals surface area contributed by atoms with Gasteiger partial charge in [0, 0.05) is 40.8 Å². The Morgan fingerprint density at radius 2 is 1.10 bits per heavy atom. The Labute approximate surface area is 436 Å². The third kappa shape index (κ3) is 9.62. The van der Waals surface area contributed by atoms with Gasteiger partial charge in [0.25, 0.3) is 0 Å². The van der Waals surface area contributed by atoms with Crippen molar-refractivity contribution in [2.45, 2.75) is 125 Å². The average molecular weight is 943 g/mol. The lowest BCUT2D eigenvalue weighted by Crippen LogP contribution is -2.17. The highest BCUT2D eigenvalue weighted by Gasteiger charge is 2.30. The van der Waals surface area contributed by atoms with Crippen molar-refractivity contribution in [2.24, 2.45) is 0 Å². The van der Waals surface area contributed by atoms with Crippen LogP contribution in [0.15, 0.2) is 152 Å². The Bertz CT molecular complexity index is 3780. The Morgan fingerprint density at radius 1 is 0.465 bits per heavy atom. The van der Waals surface area contributed by atoms with Gasteiger partial charge in [-0.3, -0.25) is 9.55 Å². The normalized spacial score (nSPS) is 14.9. The van der Waals surface area contributed by atoms with Crippen molar-refractivity contribution in [3.63, 3.8) is 0 Å². The Balaban J connectivity index is 1.25. The summed E-state index contributed by atoms with van der Waals surface area (Å²) in [6, 6.07) is 47.3. The van der Waals surface area contributed by atoms with Gasteiger partial charge in [0.2, 0.25) is 0 Å². The minimum absolute atomic E-state index is 0.0292. The van der Waals surface area contributed by atoms with E-state index in [2.05, 4.69) is 179 Å². The van der Waals surface area contributed by atoms with Crippen LogP contribution in [0.1, 0.15) is 134 Å². The second kappa shape index (κ2) is 18.0. The first kappa shape index (κ1) is 38.7. The molecule has 9 rings (SSSR count). The summed E-state index contributed by atoms with van der Waals surface area (Å²) in [6.07, 6.45) is 1.75. The molecular formula is C67H71N3O. The summed E-state index contributed by atoms with van der Waals surface area (Å²) in [5.41, 5.74) is 12.7. The molecule has 0 unspecified atom stereocenters. The summed E-state index contributed by atoms with van der Waals surface area (Å²) in [5.74, 6) is 0.811. The molecule has 7 aromatic carbocycles. The Kier molecular flexibility index (Phi) is 9.79. The van der Waals surface area contributed by atoms with Crippen molar-refractivity contribution in [2.75, 3.05) is 0 Å². The zero-order chi connectivity index (χ0) is 58.4. The van der Waals surface area contributed by atoms with Crippen molar-refractivity contribution >= 4 is 11.0 Å². The van der Waals surface area contributed by atoms with E-state index in [1.54, 1.807) is 18.3 Å². The molecule has 0 saturated heterocycles. The number of hydrogen-bond donors (Lipinski definition) is 1. The Hall–Kier alpha value is -7.04. The van der Waals surface area contributed by atoms with Crippen LogP contribution in [-0.4, -0.2) is 19.6 Å². The molecule has 0 radical (unpaired) electrons. The number of pyridine rings is 1. The smallest absolute Gasteiger partial charge is 0.149 e. The first-order valence-electron chi connectivity index (χ1n) is 29.0. The lowest BCUT2D eigenvalue weighted by atomic mass is 9.79. The largest absolute Gasteiger partial charge is 0.507 e. The van der Waals surface area contributed by atoms with Gasteiger partial charge in [-0.05, 0) is 152 Å². The van der Waals surface area contributed by atoms with Gasteiger partial charge in [0.15, 0.2) is 0 Å². The van der Waals surface area contributed by atoms with Crippen molar-refractivity contribution in [1.82, 2.24) is 14.5 Å². The highest BCUT2D eigenvalue weighted by molar-refractivity contribution is 5.98. The minimum Gasteiger partial charge on any atom is -0.507 e. The maximum absolute atomic E-state index is 12.6. The molecule has 2 heterocycles. The van der Waals surface area contributed by atoms with Gasteiger partial charge in [0.05, 0.1) is 28.0 Å². The highest BCUT2D eigenvalue weighted by Crippen LogP contribution is 2.46. The number of fused-ring (bicyclic) bond motifs is 1. The molecule has 0 aliphatic heterocycles. The van der Waals surface area contributed by atoms with Crippen LogP contribution in [0.4, 0.5) is 0 Å². The number of aryl methyl sites for hydroxylation is 3. The number of benzene rings is 7. The predicted octanol–water partition coefficient (Wildman–Crippen LogP) is 18.2. The fraction of sp³-hybridized carbons (Fsp3) is 0.284. The van der Waals surface area contributed by atoms with Crippen LogP contribution in [0.5, 0.6) is 5.75 Å². The SMILES string of the molecule is [2H]C([2H])([2H])c1cc(C([2H])([2H])[2H])c(-c2ccc(-c3ccnc(-c4cc(-c5cccc6c5nc(-c5cc(C(C)(C)C)cc(C(C)(C)C)c5O)n6-c5ccc(C(C)(C)C)cc5-c5ccccc5)cc(C(C)(C)C)c4)c3)cc2)c(C([2H])([2H])[2H])c1. The predicted molar refractivity (Wildman–Crippen MR) is 302 cm³/mol. The van der Waals surface area contributed by atoms with Crippen LogP contribution >= 0.6 is 0 Å². The molecule has 9 aromatic rings. The van der Waals surface area contributed by atoms with Gasteiger partial charge in [-0.15, -0.1) is 0 Å². The number of imidazole rings is 1. The quantitative estimate of drug-likeness (QED) is 0.173. The van der Waals surface area contributed by atoms with Crippen LogP contribution < -0.4 is 0 Å². The number of phenolic OH excluding ortho intramolecular Hbond substituents is 1. The summed E-state index contributed by atoms with van der Waals surface area (Å²) in [6.45, 7) is 17.9. The molecule has 0 spiro atoms. The summed E-state index contributed by atoms with van der Waals surface area (Å²) in [5, 5.41) is 12.6. The van der Waals surface area contributed by atoms with E-state index in [0.29, 0.717) is 22.6 Å². The van der Waals surface area contributed by atoms with E-state index in [1.165, 1.54) is 5.56 Å². The van der Waals surface area contributed by atoms with Gasteiger partial charge in [0.1, 0.15) is 11.6 Å². The summed E-state index contributed by atoms with van der Waals surface area (Å²) >= 11 is 0. The summed E-state index contributed by atoms with van der Waals surface area (Å²) in [4.78, 5) is 10.6. The van der Waals surface area contributed by atoms with Gasteiger partial charge < -0.3 is 5.11 Å². The van der Waals surface area contributed by atoms with Crippen LogP contribution in [-0.2, 0) is 21.7 Å². The third-order valence-corrected chi connectivity index (χ3v) is 13.7. The van der Waals surface area contributed by atoms with Gasteiger partial charge in [-0.1, -0.05) is 186 Å². The number of nitrogens with zero attached hydrogens (tertiary/aromatic N) is 3. The zero-order valence-electron chi connectivity index (χ0n) is 52.2. The number of para-hydroxylation sites is 1. The number of aromatic nitrogens is 3. The van der Waals surface area contributed by atoms with Crippen LogP contribution in [0.25, 0.3) is 83.9 Å². The van der Waals surface area contributed by atoms with E-state index in [9.17, 15) is 5.11 Å². The van der Waals surface area contributed by atoms with E-state index >= 15 is 0 Å². The van der Waals surface area contributed by atoms with Crippen molar-refractivity contribution in [3.05, 3.63) is 191 Å². The maximum Gasteiger partial charge on any atom is 0.149 e. The van der Waals surface area contributed by atoms with Gasteiger partial charge in [-0.25, -0.2) is 4.98 Å². The lowest BCUT2D eigenvalue weighted by molar-refractivity contribution is 0.446. The molecule has 1 N–H and O–H groups in total. The third-order valence-electron chi connectivity index (χ3n) is 13.7. The van der Waals surface area contributed by atoms with E-state index in [0.717, 1.165) is 84.5 Å². The average Bonchev–Trinajstić information content (AvgIpc) is 4.01. The van der Waals surface area contributed by atoms with Crippen LogP contribution in [0, 0.1) is 20.6 Å².